The third kappa shape index (κ3) is 5.76. The lowest BCUT2D eigenvalue weighted by Crippen LogP contribution is -2.41. The van der Waals surface area contributed by atoms with Crippen LogP contribution in [0.2, 0.25) is 0 Å². The summed E-state index contributed by atoms with van der Waals surface area (Å²) in [5.74, 6) is 0.162. The number of piperidine rings is 1. The van der Waals surface area contributed by atoms with Crippen molar-refractivity contribution in [3.05, 3.63) is 47.4 Å². The second kappa shape index (κ2) is 10.0. The molecule has 1 aromatic carbocycles. The predicted octanol–water partition coefficient (Wildman–Crippen LogP) is 5.67. The number of anilines is 2. The molecule has 0 amide bonds. The first-order chi connectivity index (χ1) is 16.1. The molecule has 1 aliphatic carbocycles. The highest BCUT2D eigenvalue weighted by atomic mass is 32.1. The maximum atomic E-state index is 13.5. The summed E-state index contributed by atoms with van der Waals surface area (Å²) >= 11 is 5.39. The fraction of sp³-hybridized carbons (Fsp3) is 0.542. The molecule has 2 heterocycles. The van der Waals surface area contributed by atoms with E-state index < -0.39 is 11.9 Å². The largest absolute Gasteiger partial charge is 0.433 e. The standard InChI is InChI=1S/C24H29F4N5S/c1-16-5-4-12-33(14-16)20-13-19(24(26,27)28)30-21(31-20)32-22(34)29-15-23(10-2-3-11-23)17-6-8-18(25)9-7-17/h6-9,13,16H,2-5,10-12,14-15H2,1H3,(H2,29,30,31,32,34). The molecule has 0 bridgehead atoms. The zero-order chi connectivity index (χ0) is 24.3. The first-order valence-electron chi connectivity index (χ1n) is 11.7. The van der Waals surface area contributed by atoms with Gasteiger partial charge in [-0.25, -0.2) is 9.37 Å². The van der Waals surface area contributed by atoms with Crippen LogP contribution in [0, 0.1) is 11.7 Å². The van der Waals surface area contributed by atoms with Crippen LogP contribution in [-0.4, -0.2) is 34.7 Å². The van der Waals surface area contributed by atoms with Gasteiger partial charge in [-0.15, -0.1) is 0 Å². The third-order valence-electron chi connectivity index (χ3n) is 6.81. The van der Waals surface area contributed by atoms with Crippen LogP contribution in [0.1, 0.15) is 56.7 Å². The molecular weight excluding hydrogens is 466 g/mol. The Labute approximate surface area is 202 Å². The lowest BCUT2D eigenvalue weighted by atomic mass is 9.79. The summed E-state index contributed by atoms with van der Waals surface area (Å²) in [5.41, 5.74) is -0.179. The minimum atomic E-state index is -4.60. The topological polar surface area (TPSA) is 53.1 Å². The second-order valence-corrected chi connectivity index (χ2v) is 9.84. The summed E-state index contributed by atoms with van der Waals surface area (Å²) in [4.78, 5) is 9.89. The van der Waals surface area contributed by atoms with E-state index in [1.54, 1.807) is 12.1 Å². The van der Waals surface area contributed by atoms with Crippen LogP contribution < -0.4 is 15.5 Å². The van der Waals surface area contributed by atoms with E-state index in [1.807, 2.05) is 4.90 Å². The molecule has 2 fully saturated rings. The number of rotatable bonds is 5. The predicted molar refractivity (Wildman–Crippen MR) is 128 cm³/mol. The van der Waals surface area contributed by atoms with E-state index in [1.165, 1.54) is 12.1 Å². The highest BCUT2D eigenvalue weighted by molar-refractivity contribution is 7.80. The van der Waals surface area contributed by atoms with E-state index in [9.17, 15) is 17.6 Å². The molecular formula is C24H29F4N5S. The van der Waals surface area contributed by atoms with Crippen LogP contribution in [0.5, 0.6) is 0 Å². The van der Waals surface area contributed by atoms with Gasteiger partial charge in [0.1, 0.15) is 11.6 Å². The lowest BCUT2D eigenvalue weighted by Gasteiger charge is -2.32. The van der Waals surface area contributed by atoms with Gasteiger partial charge in [-0.1, -0.05) is 31.9 Å². The average molecular weight is 496 g/mol. The molecule has 184 valence electrons. The lowest BCUT2D eigenvalue weighted by molar-refractivity contribution is -0.141. The van der Waals surface area contributed by atoms with E-state index in [2.05, 4.69) is 27.5 Å². The van der Waals surface area contributed by atoms with Crippen LogP contribution in [0.15, 0.2) is 30.3 Å². The second-order valence-electron chi connectivity index (χ2n) is 9.43. The van der Waals surface area contributed by atoms with Gasteiger partial charge in [-0.3, -0.25) is 0 Å². The summed E-state index contributed by atoms with van der Waals surface area (Å²) in [6, 6.07) is 7.49. The fourth-order valence-corrected chi connectivity index (χ4v) is 5.18. The average Bonchev–Trinajstić information content (AvgIpc) is 3.27. The van der Waals surface area contributed by atoms with Crippen molar-refractivity contribution in [2.24, 2.45) is 5.92 Å². The molecule has 34 heavy (non-hydrogen) atoms. The first kappa shape index (κ1) is 24.6. The highest BCUT2D eigenvalue weighted by Crippen LogP contribution is 2.40. The Morgan fingerprint density at radius 1 is 1.15 bits per heavy atom. The Bertz CT molecular complexity index is 1010. The Kier molecular flexibility index (Phi) is 7.25. The van der Waals surface area contributed by atoms with Gasteiger partial charge in [0.05, 0.1) is 0 Å². The Morgan fingerprint density at radius 3 is 2.50 bits per heavy atom. The molecule has 1 unspecified atom stereocenters. The molecule has 0 spiro atoms. The van der Waals surface area contributed by atoms with Gasteiger partial charge in [-0.05, 0) is 61.5 Å². The van der Waals surface area contributed by atoms with Crippen molar-refractivity contribution < 1.29 is 17.6 Å². The highest BCUT2D eigenvalue weighted by Gasteiger charge is 2.36. The van der Waals surface area contributed by atoms with E-state index in [-0.39, 0.29) is 28.1 Å². The number of nitrogens with one attached hydrogen (secondary N) is 2. The van der Waals surface area contributed by atoms with Crippen LogP contribution in [0.4, 0.5) is 29.3 Å². The SMILES string of the molecule is CC1CCCN(c2cc(C(F)(F)F)nc(NC(=S)NCC3(c4ccc(F)cc4)CCCC3)n2)C1. The van der Waals surface area contributed by atoms with Crippen LogP contribution in [0.3, 0.4) is 0 Å². The summed E-state index contributed by atoms with van der Waals surface area (Å²) in [6.07, 6.45) is 1.29. The Balaban J connectivity index is 1.49. The minimum absolute atomic E-state index is 0.158. The van der Waals surface area contributed by atoms with E-state index in [4.69, 9.17) is 12.2 Å². The molecule has 5 nitrogen and oxygen atoms in total. The number of alkyl halides is 3. The normalized spacial score (nSPS) is 20.3. The van der Waals surface area contributed by atoms with Crippen LogP contribution in [-0.2, 0) is 11.6 Å². The van der Waals surface area contributed by atoms with Crippen molar-refractivity contribution in [3.63, 3.8) is 0 Å². The molecule has 2 aliphatic rings. The molecule has 10 heteroatoms. The van der Waals surface area contributed by atoms with Gasteiger partial charge in [0.25, 0.3) is 0 Å². The van der Waals surface area contributed by atoms with Crippen molar-refractivity contribution in [3.8, 4) is 0 Å². The van der Waals surface area contributed by atoms with E-state index in [0.717, 1.165) is 50.2 Å². The Hall–Kier alpha value is -2.49. The van der Waals surface area contributed by atoms with Crippen molar-refractivity contribution in [2.75, 3.05) is 29.9 Å². The maximum Gasteiger partial charge on any atom is 0.433 e. The molecule has 2 aromatic rings. The number of hydrogen-bond acceptors (Lipinski definition) is 4. The molecule has 1 saturated heterocycles. The van der Waals surface area contributed by atoms with Crippen LogP contribution >= 0.6 is 12.2 Å². The van der Waals surface area contributed by atoms with Gasteiger partial charge in [-0.2, -0.15) is 18.2 Å². The summed E-state index contributed by atoms with van der Waals surface area (Å²) in [7, 11) is 0. The minimum Gasteiger partial charge on any atom is -0.361 e. The molecule has 4 rings (SSSR count). The number of benzene rings is 1. The van der Waals surface area contributed by atoms with Crippen molar-refractivity contribution in [2.45, 2.75) is 57.0 Å². The van der Waals surface area contributed by atoms with Gasteiger partial charge in [0.2, 0.25) is 5.95 Å². The molecule has 1 aromatic heterocycles. The van der Waals surface area contributed by atoms with Crippen molar-refractivity contribution in [1.29, 1.82) is 0 Å². The molecule has 1 aliphatic heterocycles. The van der Waals surface area contributed by atoms with E-state index in [0.29, 0.717) is 25.6 Å². The molecule has 1 saturated carbocycles. The van der Waals surface area contributed by atoms with Crippen molar-refractivity contribution in [1.82, 2.24) is 15.3 Å². The smallest absolute Gasteiger partial charge is 0.361 e. The molecule has 1 atom stereocenters. The number of aromatic nitrogens is 2. The Morgan fingerprint density at radius 2 is 1.85 bits per heavy atom. The van der Waals surface area contributed by atoms with Crippen LogP contribution in [0.25, 0.3) is 0 Å². The first-order valence-corrected chi connectivity index (χ1v) is 12.1. The van der Waals surface area contributed by atoms with Crippen molar-refractivity contribution >= 4 is 29.1 Å². The quantitative estimate of drug-likeness (QED) is 0.412. The molecule has 2 N–H and O–H groups in total. The summed E-state index contributed by atoms with van der Waals surface area (Å²) in [6.45, 7) is 3.87. The summed E-state index contributed by atoms with van der Waals surface area (Å²) in [5, 5.41) is 6.06. The van der Waals surface area contributed by atoms with Gasteiger partial charge < -0.3 is 15.5 Å². The fourth-order valence-electron chi connectivity index (χ4n) is 5.01. The third-order valence-corrected chi connectivity index (χ3v) is 7.06. The van der Waals surface area contributed by atoms with Gasteiger partial charge in [0, 0.05) is 31.1 Å². The number of thiocarbonyl (C=S) groups is 1. The van der Waals surface area contributed by atoms with Gasteiger partial charge in [0.15, 0.2) is 10.8 Å². The number of nitrogens with zero attached hydrogens (tertiary/aromatic N) is 3. The number of halogens is 4. The monoisotopic (exact) mass is 495 g/mol. The zero-order valence-electron chi connectivity index (χ0n) is 19.1. The van der Waals surface area contributed by atoms with Gasteiger partial charge >= 0.3 is 6.18 Å². The number of hydrogen-bond donors (Lipinski definition) is 2. The zero-order valence-corrected chi connectivity index (χ0v) is 19.9. The summed E-state index contributed by atoms with van der Waals surface area (Å²) < 4.78 is 54.0. The van der Waals surface area contributed by atoms with E-state index >= 15 is 0 Å². The maximum absolute atomic E-state index is 13.5. The molecule has 0 radical (unpaired) electrons.